The number of nitrogens with two attached hydrogens (primary N) is 1. The lowest BCUT2D eigenvalue weighted by molar-refractivity contribution is 0.0212. The van der Waals surface area contributed by atoms with Crippen LogP contribution in [0.5, 0.6) is 0 Å². The fourth-order valence-electron chi connectivity index (χ4n) is 3.45. The summed E-state index contributed by atoms with van der Waals surface area (Å²) < 4.78 is 10.9. The van der Waals surface area contributed by atoms with Crippen molar-refractivity contribution in [3.05, 3.63) is 0 Å². The van der Waals surface area contributed by atoms with Crippen molar-refractivity contribution in [2.24, 2.45) is 11.7 Å². The predicted octanol–water partition coefficient (Wildman–Crippen LogP) is 1.24. The molecule has 1 atom stereocenters. The van der Waals surface area contributed by atoms with Crippen molar-refractivity contribution < 1.29 is 9.47 Å². The quantitative estimate of drug-likeness (QED) is 0.822. The third kappa shape index (κ3) is 3.23. The largest absolute Gasteiger partial charge is 0.384 e. The summed E-state index contributed by atoms with van der Waals surface area (Å²) in [6.07, 6.45) is 5.93. The maximum Gasteiger partial charge on any atom is 0.0491 e. The molecule has 0 saturated carbocycles. The molecular formula is C14H28N2O2. The molecule has 4 heteroatoms. The molecule has 18 heavy (non-hydrogen) atoms. The third-order valence-electron chi connectivity index (χ3n) is 4.71. The molecular weight excluding hydrogens is 228 g/mol. The SMILES string of the molecule is COCC1CCN(C2(CN)CCCOCC2)CC1. The van der Waals surface area contributed by atoms with E-state index < -0.39 is 0 Å². The smallest absolute Gasteiger partial charge is 0.0491 e. The summed E-state index contributed by atoms with van der Waals surface area (Å²) in [4.78, 5) is 2.63. The van der Waals surface area contributed by atoms with Crippen molar-refractivity contribution >= 4 is 0 Å². The lowest BCUT2D eigenvalue weighted by atomic mass is 9.85. The van der Waals surface area contributed by atoms with Crippen molar-refractivity contribution in [3.8, 4) is 0 Å². The van der Waals surface area contributed by atoms with Crippen LogP contribution in [0.25, 0.3) is 0 Å². The number of nitrogens with zero attached hydrogens (tertiary/aromatic N) is 1. The van der Waals surface area contributed by atoms with E-state index in [2.05, 4.69) is 4.90 Å². The highest BCUT2D eigenvalue weighted by molar-refractivity contribution is 4.94. The highest BCUT2D eigenvalue weighted by atomic mass is 16.5. The summed E-state index contributed by atoms with van der Waals surface area (Å²) in [5.74, 6) is 0.739. The van der Waals surface area contributed by atoms with Crippen LogP contribution >= 0.6 is 0 Å². The predicted molar refractivity (Wildman–Crippen MR) is 72.6 cm³/mol. The van der Waals surface area contributed by atoms with E-state index in [1.165, 1.54) is 32.4 Å². The Hall–Kier alpha value is -0.160. The minimum atomic E-state index is 0.203. The Balaban J connectivity index is 1.92. The zero-order valence-electron chi connectivity index (χ0n) is 11.7. The van der Waals surface area contributed by atoms with Gasteiger partial charge in [0, 0.05) is 39.0 Å². The second-order valence-electron chi connectivity index (χ2n) is 5.78. The van der Waals surface area contributed by atoms with Crippen LogP contribution in [0.3, 0.4) is 0 Å². The normalized spacial score (nSPS) is 32.3. The molecule has 0 aromatic carbocycles. The van der Waals surface area contributed by atoms with Gasteiger partial charge >= 0.3 is 0 Å². The van der Waals surface area contributed by atoms with E-state index in [1.54, 1.807) is 7.11 Å². The molecule has 2 fully saturated rings. The number of piperidine rings is 1. The summed E-state index contributed by atoms with van der Waals surface area (Å²) in [6.45, 7) is 5.80. The minimum Gasteiger partial charge on any atom is -0.384 e. The molecule has 0 amide bonds. The standard InChI is InChI=1S/C14H28N2O2/c1-17-11-13-3-7-16(8-4-13)14(12-15)5-2-9-18-10-6-14/h13H,2-12,15H2,1H3. The van der Waals surface area contributed by atoms with Crippen LogP contribution in [-0.4, -0.2) is 57.0 Å². The first-order valence-corrected chi connectivity index (χ1v) is 7.32. The molecule has 0 radical (unpaired) electrons. The number of methoxy groups -OCH3 is 1. The van der Waals surface area contributed by atoms with Gasteiger partial charge in [0.05, 0.1) is 0 Å². The van der Waals surface area contributed by atoms with Crippen molar-refractivity contribution in [3.63, 3.8) is 0 Å². The van der Waals surface area contributed by atoms with E-state index in [-0.39, 0.29) is 5.54 Å². The number of rotatable bonds is 4. The number of hydrogen-bond acceptors (Lipinski definition) is 4. The van der Waals surface area contributed by atoms with Gasteiger partial charge in [-0.2, -0.15) is 0 Å². The van der Waals surface area contributed by atoms with Crippen LogP contribution in [-0.2, 0) is 9.47 Å². The van der Waals surface area contributed by atoms with E-state index >= 15 is 0 Å². The number of hydrogen-bond donors (Lipinski definition) is 1. The highest BCUT2D eigenvalue weighted by Gasteiger charge is 2.37. The molecule has 2 heterocycles. The van der Waals surface area contributed by atoms with Crippen LogP contribution in [0, 0.1) is 5.92 Å². The Morgan fingerprint density at radius 2 is 2.06 bits per heavy atom. The molecule has 2 N–H and O–H groups in total. The van der Waals surface area contributed by atoms with Gasteiger partial charge in [-0.1, -0.05) is 0 Å². The lowest BCUT2D eigenvalue weighted by Gasteiger charge is -2.46. The highest BCUT2D eigenvalue weighted by Crippen LogP contribution is 2.31. The first kappa shape index (κ1) is 14.3. The summed E-state index contributed by atoms with van der Waals surface area (Å²) in [5.41, 5.74) is 6.31. The Morgan fingerprint density at radius 3 is 2.72 bits per heavy atom. The Morgan fingerprint density at radius 1 is 1.28 bits per heavy atom. The van der Waals surface area contributed by atoms with Gasteiger partial charge in [0.1, 0.15) is 0 Å². The van der Waals surface area contributed by atoms with Gasteiger partial charge in [-0.05, 0) is 51.1 Å². The van der Waals surface area contributed by atoms with E-state index in [9.17, 15) is 0 Å². The Bertz CT molecular complexity index is 232. The summed E-state index contributed by atoms with van der Waals surface area (Å²) >= 11 is 0. The van der Waals surface area contributed by atoms with Gasteiger partial charge in [0.2, 0.25) is 0 Å². The molecule has 106 valence electrons. The van der Waals surface area contributed by atoms with Crippen LogP contribution < -0.4 is 5.73 Å². The summed E-state index contributed by atoms with van der Waals surface area (Å²) in [6, 6.07) is 0. The molecule has 4 nitrogen and oxygen atoms in total. The van der Waals surface area contributed by atoms with E-state index in [0.29, 0.717) is 0 Å². The van der Waals surface area contributed by atoms with Gasteiger partial charge in [0.15, 0.2) is 0 Å². The molecule has 0 aromatic heterocycles. The lowest BCUT2D eigenvalue weighted by Crippen LogP contribution is -2.56. The number of likely N-dealkylation sites (tertiary alicyclic amines) is 1. The molecule has 0 bridgehead atoms. The van der Waals surface area contributed by atoms with Crippen LogP contribution in [0.15, 0.2) is 0 Å². The topological polar surface area (TPSA) is 47.7 Å². The first-order chi connectivity index (χ1) is 8.80. The van der Waals surface area contributed by atoms with Crippen molar-refractivity contribution in [2.45, 2.75) is 37.6 Å². The maximum atomic E-state index is 6.11. The monoisotopic (exact) mass is 256 g/mol. The average molecular weight is 256 g/mol. The molecule has 0 aromatic rings. The fourth-order valence-corrected chi connectivity index (χ4v) is 3.45. The fraction of sp³-hybridized carbons (Fsp3) is 1.00. The van der Waals surface area contributed by atoms with Gasteiger partial charge in [-0.25, -0.2) is 0 Å². The van der Waals surface area contributed by atoms with E-state index in [1.807, 2.05) is 0 Å². The zero-order chi connectivity index (χ0) is 12.8. The molecule has 2 aliphatic rings. The minimum absolute atomic E-state index is 0.203. The Labute approximate surface area is 111 Å². The Kier molecular flexibility index (Phi) is 5.42. The third-order valence-corrected chi connectivity index (χ3v) is 4.71. The van der Waals surface area contributed by atoms with Gasteiger partial charge in [-0.15, -0.1) is 0 Å². The number of ether oxygens (including phenoxy) is 2. The second-order valence-corrected chi connectivity index (χ2v) is 5.78. The molecule has 0 spiro atoms. The second kappa shape index (κ2) is 6.85. The van der Waals surface area contributed by atoms with Crippen LogP contribution in [0.4, 0.5) is 0 Å². The first-order valence-electron chi connectivity index (χ1n) is 7.32. The van der Waals surface area contributed by atoms with Crippen molar-refractivity contribution in [1.29, 1.82) is 0 Å². The van der Waals surface area contributed by atoms with E-state index in [4.69, 9.17) is 15.2 Å². The summed E-state index contributed by atoms with van der Waals surface area (Å²) in [5, 5.41) is 0. The maximum absolute atomic E-state index is 6.11. The molecule has 2 aliphatic heterocycles. The average Bonchev–Trinajstić information content (AvgIpc) is 2.66. The molecule has 2 saturated heterocycles. The van der Waals surface area contributed by atoms with Gasteiger partial charge in [0.25, 0.3) is 0 Å². The zero-order valence-corrected chi connectivity index (χ0v) is 11.7. The molecule has 0 aliphatic carbocycles. The van der Waals surface area contributed by atoms with Crippen molar-refractivity contribution in [2.75, 3.05) is 46.6 Å². The molecule has 2 rings (SSSR count). The van der Waals surface area contributed by atoms with Crippen LogP contribution in [0.1, 0.15) is 32.1 Å². The van der Waals surface area contributed by atoms with E-state index in [0.717, 1.165) is 45.1 Å². The molecule has 1 unspecified atom stereocenters. The van der Waals surface area contributed by atoms with Crippen molar-refractivity contribution in [1.82, 2.24) is 4.90 Å². The van der Waals surface area contributed by atoms with Gasteiger partial charge in [-0.3, -0.25) is 4.90 Å². The summed E-state index contributed by atoms with van der Waals surface area (Å²) in [7, 11) is 1.80. The van der Waals surface area contributed by atoms with Gasteiger partial charge < -0.3 is 15.2 Å². The van der Waals surface area contributed by atoms with Crippen LogP contribution in [0.2, 0.25) is 0 Å².